The van der Waals surface area contributed by atoms with Gasteiger partial charge in [-0.15, -0.1) is 0 Å². The zero-order chi connectivity index (χ0) is 12.4. The van der Waals surface area contributed by atoms with Crippen LogP contribution in [-0.2, 0) is 4.74 Å². The van der Waals surface area contributed by atoms with Crippen LogP contribution < -0.4 is 4.74 Å². The first-order valence-electron chi connectivity index (χ1n) is 6.69. The molecule has 2 aliphatic rings. The zero-order valence-electron chi connectivity index (χ0n) is 10.4. The molecule has 1 aromatic heterocycles. The minimum absolute atomic E-state index is 0.109. The van der Waals surface area contributed by atoms with Gasteiger partial charge in [0.2, 0.25) is 0 Å². The van der Waals surface area contributed by atoms with Gasteiger partial charge in [-0.25, -0.2) is 4.98 Å². The molecule has 1 saturated carbocycles. The van der Waals surface area contributed by atoms with E-state index in [4.69, 9.17) is 9.47 Å². The number of rotatable bonds is 2. The third kappa shape index (κ3) is 2.54. The van der Waals surface area contributed by atoms with Crippen LogP contribution in [-0.4, -0.2) is 23.3 Å². The highest BCUT2D eigenvalue weighted by molar-refractivity contribution is 9.10. The first kappa shape index (κ1) is 12.4. The van der Waals surface area contributed by atoms with E-state index in [2.05, 4.69) is 20.9 Å². The fourth-order valence-electron chi connectivity index (χ4n) is 3.09. The Bertz CT molecular complexity index is 418. The van der Waals surface area contributed by atoms with Gasteiger partial charge in [-0.05, 0) is 40.9 Å². The molecule has 3 rings (SSSR count). The van der Waals surface area contributed by atoms with E-state index in [-0.39, 0.29) is 11.7 Å². The maximum atomic E-state index is 6.08. The largest absolute Gasteiger partial charge is 0.487 e. The Labute approximate surface area is 116 Å². The van der Waals surface area contributed by atoms with Gasteiger partial charge in [0.25, 0.3) is 0 Å². The van der Waals surface area contributed by atoms with Crippen molar-refractivity contribution in [3.05, 3.63) is 22.9 Å². The summed E-state index contributed by atoms with van der Waals surface area (Å²) in [5.41, 5.74) is 0.109. The molecule has 1 atom stereocenters. The molecule has 18 heavy (non-hydrogen) atoms. The van der Waals surface area contributed by atoms with Crippen LogP contribution in [0.5, 0.6) is 5.75 Å². The topological polar surface area (TPSA) is 31.4 Å². The van der Waals surface area contributed by atoms with Gasteiger partial charge in [0.1, 0.15) is 10.7 Å². The molecule has 2 fully saturated rings. The summed E-state index contributed by atoms with van der Waals surface area (Å²) in [7, 11) is 0. The molecule has 1 aromatic rings. The van der Waals surface area contributed by atoms with E-state index in [1.807, 2.05) is 12.1 Å². The Morgan fingerprint density at radius 3 is 3.00 bits per heavy atom. The van der Waals surface area contributed by atoms with Crippen molar-refractivity contribution in [2.75, 3.05) is 6.61 Å². The van der Waals surface area contributed by atoms with E-state index in [9.17, 15) is 0 Å². The summed E-state index contributed by atoms with van der Waals surface area (Å²) in [4.78, 5) is 4.19. The smallest absolute Gasteiger partial charge is 0.152 e. The quantitative estimate of drug-likeness (QED) is 0.780. The van der Waals surface area contributed by atoms with Gasteiger partial charge in [0.05, 0.1) is 12.2 Å². The molecule has 1 saturated heterocycles. The van der Waals surface area contributed by atoms with Gasteiger partial charge >= 0.3 is 0 Å². The molecule has 0 amide bonds. The number of hydrogen-bond acceptors (Lipinski definition) is 3. The van der Waals surface area contributed by atoms with Gasteiger partial charge in [-0.1, -0.05) is 12.8 Å². The van der Waals surface area contributed by atoms with Crippen molar-refractivity contribution in [1.82, 2.24) is 4.98 Å². The highest BCUT2D eigenvalue weighted by Crippen LogP contribution is 2.41. The molecule has 0 radical (unpaired) electrons. The van der Waals surface area contributed by atoms with Crippen molar-refractivity contribution in [2.45, 2.75) is 50.2 Å². The van der Waals surface area contributed by atoms with E-state index < -0.39 is 0 Å². The zero-order valence-corrected chi connectivity index (χ0v) is 12.0. The molecular formula is C14H18BrNO2. The molecule has 98 valence electrons. The molecule has 1 aliphatic carbocycles. The molecule has 1 spiro atoms. The third-order valence-electron chi connectivity index (χ3n) is 3.98. The summed E-state index contributed by atoms with van der Waals surface area (Å²) in [6, 6.07) is 3.87. The predicted octanol–water partition coefficient (Wildman–Crippen LogP) is 3.71. The molecule has 2 heterocycles. The van der Waals surface area contributed by atoms with Crippen LogP contribution in [0.4, 0.5) is 0 Å². The van der Waals surface area contributed by atoms with Gasteiger partial charge < -0.3 is 9.47 Å². The maximum Gasteiger partial charge on any atom is 0.152 e. The number of nitrogens with zero attached hydrogens (tertiary/aromatic N) is 1. The number of hydrogen-bond donors (Lipinski definition) is 0. The Balaban J connectivity index is 1.68. The number of pyridine rings is 1. The molecule has 0 bridgehead atoms. The van der Waals surface area contributed by atoms with E-state index in [1.54, 1.807) is 6.20 Å². The number of halogens is 1. The van der Waals surface area contributed by atoms with E-state index in [0.717, 1.165) is 29.8 Å². The monoisotopic (exact) mass is 311 g/mol. The summed E-state index contributed by atoms with van der Waals surface area (Å²) >= 11 is 3.43. The number of aromatic nitrogens is 1. The van der Waals surface area contributed by atoms with Crippen molar-refractivity contribution >= 4 is 15.9 Å². The molecule has 0 N–H and O–H groups in total. The van der Waals surface area contributed by atoms with Crippen LogP contribution in [0.15, 0.2) is 22.9 Å². The van der Waals surface area contributed by atoms with Gasteiger partial charge in [-0.2, -0.15) is 0 Å². The standard InChI is InChI=1S/C14H18BrNO2/c15-13-12(4-3-8-16-13)18-11-5-9-17-14(10-11)6-1-2-7-14/h3-4,8,11H,1-2,5-7,9-10H2. The van der Waals surface area contributed by atoms with Crippen LogP contribution in [0.25, 0.3) is 0 Å². The SMILES string of the molecule is Brc1ncccc1OC1CCOC2(CCCC2)C1. The lowest BCUT2D eigenvalue weighted by Crippen LogP contribution is -2.41. The van der Waals surface area contributed by atoms with Crippen molar-refractivity contribution in [3.8, 4) is 5.75 Å². The molecule has 0 aromatic carbocycles. The lowest BCUT2D eigenvalue weighted by Gasteiger charge is -2.38. The minimum Gasteiger partial charge on any atom is -0.487 e. The van der Waals surface area contributed by atoms with Gasteiger partial charge in [0, 0.05) is 19.0 Å². The number of ether oxygens (including phenoxy) is 2. The fourth-order valence-corrected chi connectivity index (χ4v) is 3.43. The molecule has 3 nitrogen and oxygen atoms in total. The van der Waals surface area contributed by atoms with Gasteiger partial charge in [-0.3, -0.25) is 0 Å². The fraction of sp³-hybridized carbons (Fsp3) is 0.643. The van der Waals surface area contributed by atoms with Crippen LogP contribution in [0, 0.1) is 0 Å². The van der Waals surface area contributed by atoms with Crippen molar-refractivity contribution < 1.29 is 9.47 Å². The Morgan fingerprint density at radius 2 is 2.22 bits per heavy atom. The highest BCUT2D eigenvalue weighted by atomic mass is 79.9. The summed E-state index contributed by atoms with van der Waals surface area (Å²) in [6.45, 7) is 0.822. The van der Waals surface area contributed by atoms with E-state index in [0.29, 0.717) is 0 Å². The van der Waals surface area contributed by atoms with E-state index in [1.165, 1.54) is 25.7 Å². The Hall–Kier alpha value is -0.610. The average Bonchev–Trinajstić information content (AvgIpc) is 2.80. The first-order chi connectivity index (χ1) is 8.77. The second-order valence-corrected chi connectivity index (χ2v) is 6.01. The maximum absolute atomic E-state index is 6.08. The Kier molecular flexibility index (Phi) is 3.57. The van der Waals surface area contributed by atoms with Crippen molar-refractivity contribution in [2.24, 2.45) is 0 Å². The van der Waals surface area contributed by atoms with E-state index >= 15 is 0 Å². The summed E-state index contributed by atoms with van der Waals surface area (Å²) in [5.74, 6) is 0.845. The predicted molar refractivity (Wildman–Crippen MR) is 72.7 cm³/mol. The summed E-state index contributed by atoms with van der Waals surface area (Å²) in [6.07, 6.45) is 9.00. The van der Waals surface area contributed by atoms with Gasteiger partial charge in [0.15, 0.2) is 5.75 Å². The summed E-state index contributed by atoms with van der Waals surface area (Å²) < 4.78 is 12.9. The van der Waals surface area contributed by atoms with Crippen molar-refractivity contribution in [1.29, 1.82) is 0 Å². The second-order valence-electron chi connectivity index (χ2n) is 5.26. The first-order valence-corrected chi connectivity index (χ1v) is 7.48. The molecular weight excluding hydrogens is 294 g/mol. The molecule has 1 aliphatic heterocycles. The average molecular weight is 312 g/mol. The molecule has 4 heteroatoms. The van der Waals surface area contributed by atoms with Crippen LogP contribution in [0.3, 0.4) is 0 Å². The second kappa shape index (κ2) is 5.17. The molecule has 1 unspecified atom stereocenters. The Morgan fingerprint density at radius 1 is 1.39 bits per heavy atom. The lowest BCUT2D eigenvalue weighted by molar-refractivity contribution is -0.108. The van der Waals surface area contributed by atoms with Crippen LogP contribution >= 0.6 is 15.9 Å². The van der Waals surface area contributed by atoms with Crippen molar-refractivity contribution in [3.63, 3.8) is 0 Å². The summed E-state index contributed by atoms with van der Waals surface area (Å²) in [5, 5.41) is 0. The third-order valence-corrected chi connectivity index (χ3v) is 4.58. The minimum atomic E-state index is 0.109. The highest BCUT2D eigenvalue weighted by Gasteiger charge is 2.40. The van der Waals surface area contributed by atoms with Crippen LogP contribution in [0.2, 0.25) is 0 Å². The lowest BCUT2D eigenvalue weighted by atomic mass is 9.90. The van der Waals surface area contributed by atoms with Crippen LogP contribution in [0.1, 0.15) is 38.5 Å². The normalized spacial score (nSPS) is 26.4.